The first-order valence-electron chi connectivity index (χ1n) is 6.14. The Bertz CT molecular complexity index is 403. The lowest BCUT2D eigenvalue weighted by Gasteiger charge is -2.20. The number of anilines is 1. The third-order valence-corrected chi connectivity index (χ3v) is 3.53. The van der Waals surface area contributed by atoms with Crippen LogP contribution in [-0.2, 0) is 4.74 Å². The number of benzene rings is 1. The Morgan fingerprint density at radius 1 is 1.47 bits per heavy atom. The van der Waals surface area contributed by atoms with E-state index in [1.807, 2.05) is 12.1 Å². The van der Waals surface area contributed by atoms with Crippen LogP contribution in [0, 0.1) is 6.92 Å². The van der Waals surface area contributed by atoms with Crippen LogP contribution in [0.25, 0.3) is 0 Å². The minimum atomic E-state index is 0.0305. The van der Waals surface area contributed by atoms with Crippen molar-refractivity contribution in [2.45, 2.75) is 45.3 Å². The van der Waals surface area contributed by atoms with E-state index < -0.39 is 0 Å². The number of hydrogen-bond donors (Lipinski definition) is 1. The van der Waals surface area contributed by atoms with E-state index in [1.165, 1.54) is 5.56 Å². The first-order chi connectivity index (χ1) is 7.96. The van der Waals surface area contributed by atoms with Crippen LogP contribution in [-0.4, -0.2) is 18.2 Å². The SMILES string of the molecule is Cc1ccc(Cl)c(NCC2CCC(C)(C)O2)c1. The van der Waals surface area contributed by atoms with E-state index in [9.17, 15) is 0 Å². The molecule has 2 nitrogen and oxygen atoms in total. The lowest BCUT2D eigenvalue weighted by molar-refractivity contribution is -0.00910. The molecular formula is C14H20ClNO. The van der Waals surface area contributed by atoms with Crippen molar-refractivity contribution in [2.75, 3.05) is 11.9 Å². The molecule has 1 unspecified atom stereocenters. The maximum Gasteiger partial charge on any atom is 0.0755 e. The molecule has 0 amide bonds. The normalized spacial score (nSPS) is 22.7. The summed E-state index contributed by atoms with van der Waals surface area (Å²) in [7, 11) is 0. The fourth-order valence-corrected chi connectivity index (χ4v) is 2.40. The summed E-state index contributed by atoms with van der Waals surface area (Å²) in [6.45, 7) is 7.18. The van der Waals surface area contributed by atoms with E-state index in [-0.39, 0.29) is 5.60 Å². The highest BCUT2D eigenvalue weighted by Crippen LogP contribution is 2.30. The molecule has 1 aliphatic heterocycles. The van der Waals surface area contributed by atoms with Crippen molar-refractivity contribution < 1.29 is 4.74 Å². The second-order valence-electron chi connectivity index (χ2n) is 5.40. The molecule has 1 atom stereocenters. The van der Waals surface area contributed by atoms with Crippen molar-refractivity contribution >= 4 is 17.3 Å². The second-order valence-corrected chi connectivity index (χ2v) is 5.81. The summed E-state index contributed by atoms with van der Waals surface area (Å²) in [5, 5.41) is 4.15. The van der Waals surface area contributed by atoms with Gasteiger partial charge in [-0.05, 0) is 51.3 Å². The van der Waals surface area contributed by atoms with Crippen molar-refractivity contribution in [2.24, 2.45) is 0 Å². The summed E-state index contributed by atoms with van der Waals surface area (Å²) in [6.07, 6.45) is 2.53. The van der Waals surface area contributed by atoms with Crippen molar-refractivity contribution in [1.82, 2.24) is 0 Å². The summed E-state index contributed by atoms with van der Waals surface area (Å²) < 4.78 is 5.94. The van der Waals surface area contributed by atoms with Crippen LogP contribution in [0.1, 0.15) is 32.3 Å². The summed E-state index contributed by atoms with van der Waals surface area (Å²) in [5.41, 5.74) is 2.24. The molecule has 0 saturated carbocycles. The Morgan fingerprint density at radius 3 is 2.88 bits per heavy atom. The van der Waals surface area contributed by atoms with Gasteiger partial charge < -0.3 is 10.1 Å². The molecule has 3 heteroatoms. The van der Waals surface area contributed by atoms with Crippen molar-refractivity contribution in [1.29, 1.82) is 0 Å². The summed E-state index contributed by atoms with van der Waals surface area (Å²) in [4.78, 5) is 0. The number of nitrogens with one attached hydrogen (secondary N) is 1. The Labute approximate surface area is 108 Å². The minimum absolute atomic E-state index is 0.0305. The predicted molar refractivity (Wildman–Crippen MR) is 72.9 cm³/mol. The van der Waals surface area contributed by atoms with Gasteiger partial charge in [0.25, 0.3) is 0 Å². The summed E-state index contributed by atoms with van der Waals surface area (Å²) in [6, 6.07) is 6.02. The van der Waals surface area contributed by atoms with Gasteiger partial charge >= 0.3 is 0 Å². The zero-order valence-electron chi connectivity index (χ0n) is 10.7. The zero-order valence-corrected chi connectivity index (χ0v) is 11.5. The van der Waals surface area contributed by atoms with Gasteiger partial charge in [0.15, 0.2) is 0 Å². The molecule has 0 aliphatic carbocycles. The van der Waals surface area contributed by atoms with Crippen molar-refractivity contribution in [3.8, 4) is 0 Å². The Balaban J connectivity index is 1.92. The summed E-state index contributed by atoms with van der Waals surface area (Å²) in [5.74, 6) is 0. The molecule has 0 spiro atoms. The lowest BCUT2D eigenvalue weighted by Crippen LogP contribution is -2.24. The highest BCUT2D eigenvalue weighted by Gasteiger charge is 2.31. The molecule has 1 N–H and O–H groups in total. The first-order valence-corrected chi connectivity index (χ1v) is 6.52. The number of ether oxygens (including phenoxy) is 1. The molecule has 1 aromatic rings. The predicted octanol–water partition coefficient (Wildman–Crippen LogP) is 4.02. The van der Waals surface area contributed by atoms with Gasteiger partial charge in [0.05, 0.1) is 22.4 Å². The average molecular weight is 254 g/mol. The van der Waals surface area contributed by atoms with Crippen LogP contribution in [0.5, 0.6) is 0 Å². The van der Waals surface area contributed by atoms with Crippen LogP contribution in [0.4, 0.5) is 5.69 Å². The molecule has 0 radical (unpaired) electrons. The molecule has 17 heavy (non-hydrogen) atoms. The average Bonchev–Trinajstić information content (AvgIpc) is 2.60. The van der Waals surface area contributed by atoms with Gasteiger partial charge in [-0.1, -0.05) is 17.7 Å². The van der Waals surface area contributed by atoms with Crippen LogP contribution < -0.4 is 5.32 Å². The Kier molecular flexibility index (Phi) is 3.64. The van der Waals surface area contributed by atoms with Gasteiger partial charge in [-0.2, -0.15) is 0 Å². The summed E-state index contributed by atoms with van der Waals surface area (Å²) >= 11 is 6.13. The molecule has 1 saturated heterocycles. The van der Waals surface area contributed by atoms with E-state index in [2.05, 4.69) is 32.2 Å². The van der Waals surface area contributed by atoms with Crippen LogP contribution >= 0.6 is 11.6 Å². The van der Waals surface area contributed by atoms with Gasteiger partial charge in [-0.25, -0.2) is 0 Å². The van der Waals surface area contributed by atoms with E-state index in [0.29, 0.717) is 6.10 Å². The maximum atomic E-state index is 6.13. The molecule has 1 aromatic carbocycles. The first kappa shape index (κ1) is 12.7. The largest absolute Gasteiger partial charge is 0.381 e. The van der Waals surface area contributed by atoms with Crippen LogP contribution in [0.3, 0.4) is 0 Å². The molecule has 0 aromatic heterocycles. The van der Waals surface area contributed by atoms with E-state index in [4.69, 9.17) is 16.3 Å². The van der Waals surface area contributed by atoms with E-state index in [0.717, 1.165) is 30.1 Å². The van der Waals surface area contributed by atoms with E-state index in [1.54, 1.807) is 0 Å². The molecule has 2 rings (SSSR count). The molecule has 1 fully saturated rings. The molecular weight excluding hydrogens is 234 g/mol. The van der Waals surface area contributed by atoms with Gasteiger partial charge in [-0.15, -0.1) is 0 Å². The fraction of sp³-hybridized carbons (Fsp3) is 0.571. The maximum absolute atomic E-state index is 6.13. The highest BCUT2D eigenvalue weighted by molar-refractivity contribution is 6.33. The smallest absolute Gasteiger partial charge is 0.0755 e. The van der Waals surface area contributed by atoms with Crippen molar-refractivity contribution in [3.05, 3.63) is 28.8 Å². The van der Waals surface area contributed by atoms with Gasteiger partial charge in [0, 0.05) is 6.54 Å². The number of hydrogen-bond acceptors (Lipinski definition) is 2. The molecule has 1 aliphatic rings. The lowest BCUT2D eigenvalue weighted by atomic mass is 10.1. The number of aryl methyl sites for hydroxylation is 1. The Hall–Kier alpha value is -0.730. The molecule has 1 heterocycles. The van der Waals surface area contributed by atoms with Crippen molar-refractivity contribution in [3.63, 3.8) is 0 Å². The zero-order chi connectivity index (χ0) is 12.5. The fourth-order valence-electron chi connectivity index (χ4n) is 2.22. The third-order valence-electron chi connectivity index (χ3n) is 3.20. The molecule has 0 bridgehead atoms. The van der Waals surface area contributed by atoms with E-state index >= 15 is 0 Å². The second kappa shape index (κ2) is 4.87. The van der Waals surface area contributed by atoms with Gasteiger partial charge in [-0.3, -0.25) is 0 Å². The minimum Gasteiger partial charge on any atom is -0.381 e. The van der Waals surface area contributed by atoms with Gasteiger partial charge in [0.1, 0.15) is 0 Å². The third kappa shape index (κ3) is 3.36. The van der Waals surface area contributed by atoms with Crippen LogP contribution in [0.15, 0.2) is 18.2 Å². The monoisotopic (exact) mass is 253 g/mol. The quantitative estimate of drug-likeness (QED) is 0.879. The van der Waals surface area contributed by atoms with Crippen LogP contribution in [0.2, 0.25) is 5.02 Å². The number of halogens is 1. The van der Waals surface area contributed by atoms with Gasteiger partial charge in [0.2, 0.25) is 0 Å². The number of rotatable bonds is 3. The standard InChI is InChI=1S/C14H20ClNO/c1-10-4-5-12(15)13(8-10)16-9-11-6-7-14(2,3)17-11/h4-5,8,11,16H,6-7,9H2,1-3H3. The highest BCUT2D eigenvalue weighted by atomic mass is 35.5. The topological polar surface area (TPSA) is 21.3 Å². The Morgan fingerprint density at radius 2 is 2.24 bits per heavy atom. The molecule has 94 valence electrons.